The average Bonchev–Trinajstić information content (AvgIpc) is 3.66. The molecule has 1 fully saturated rings. The molecule has 3 aromatic carbocycles. The fourth-order valence-electron chi connectivity index (χ4n) is 5.20. The molecule has 0 spiro atoms. The molecule has 0 aliphatic carbocycles. The molecule has 6 rings (SSSR count). The van der Waals surface area contributed by atoms with Crippen molar-refractivity contribution in [2.75, 3.05) is 0 Å². The van der Waals surface area contributed by atoms with E-state index in [2.05, 4.69) is 0 Å². The predicted molar refractivity (Wildman–Crippen MR) is 144 cm³/mol. The quantitative estimate of drug-likeness (QED) is 0.188. The van der Waals surface area contributed by atoms with Crippen LogP contribution in [0.25, 0.3) is 5.76 Å². The molecule has 7 heteroatoms. The van der Waals surface area contributed by atoms with Crippen molar-refractivity contribution in [3.8, 4) is 11.5 Å². The first-order valence-electron chi connectivity index (χ1n) is 12.9. The number of aliphatic hydroxyl groups is 1. The number of carbonyl (C=O) groups is 2. The molecule has 39 heavy (non-hydrogen) atoms. The molecule has 1 saturated heterocycles. The third-order valence-corrected chi connectivity index (χ3v) is 7.04. The van der Waals surface area contributed by atoms with Crippen LogP contribution in [0.2, 0.25) is 0 Å². The summed E-state index contributed by atoms with van der Waals surface area (Å²) in [4.78, 5) is 28.2. The Morgan fingerprint density at radius 1 is 1.00 bits per heavy atom. The van der Waals surface area contributed by atoms with Gasteiger partial charge in [0.25, 0.3) is 11.7 Å². The summed E-state index contributed by atoms with van der Waals surface area (Å²) in [6, 6.07) is 25.0. The van der Waals surface area contributed by atoms with Gasteiger partial charge in [-0.25, -0.2) is 0 Å². The first kappa shape index (κ1) is 24.6. The summed E-state index contributed by atoms with van der Waals surface area (Å²) < 4.78 is 17.3. The Kier molecular flexibility index (Phi) is 6.40. The summed E-state index contributed by atoms with van der Waals surface area (Å²) >= 11 is 0. The summed E-state index contributed by atoms with van der Waals surface area (Å²) in [6.45, 7) is 2.42. The fourth-order valence-corrected chi connectivity index (χ4v) is 5.20. The molecule has 2 aliphatic rings. The van der Waals surface area contributed by atoms with E-state index in [1.807, 2.05) is 61.5 Å². The van der Waals surface area contributed by atoms with Gasteiger partial charge in [-0.3, -0.25) is 9.59 Å². The number of ketones is 1. The zero-order chi connectivity index (χ0) is 26.9. The lowest BCUT2D eigenvalue weighted by molar-refractivity contribution is -0.140. The first-order valence-corrected chi connectivity index (χ1v) is 12.9. The molecule has 0 radical (unpaired) electrons. The number of amides is 1. The molecule has 196 valence electrons. The second-order valence-corrected chi connectivity index (χ2v) is 9.81. The Bertz CT molecular complexity index is 1560. The SMILES string of the molecule is C[C@@H]1Cc2cc(C(O)=C3C(=O)C(=O)N(Cc4ccco4)[C@H]3c3cccc(OCc4ccccc4)c3)ccc2O1. The minimum Gasteiger partial charge on any atom is -0.507 e. The summed E-state index contributed by atoms with van der Waals surface area (Å²) in [7, 11) is 0. The summed E-state index contributed by atoms with van der Waals surface area (Å²) in [6.07, 6.45) is 2.26. The number of hydrogen-bond donors (Lipinski definition) is 1. The van der Waals surface area contributed by atoms with E-state index in [4.69, 9.17) is 13.9 Å². The number of aliphatic hydroxyl groups excluding tert-OH is 1. The molecule has 1 N–H and O–H groups in total. The van der Waals surface area contributed by atoms with Gasteiger partial charge in [0, 0.05) is 12.0 Å². The number of benzene rings is 3. The molecular formula is C32H27NO6. The summed E-state index contributed by atoms with van der Waals surface area (Å²) in [5.41, 5.74) is 3.10. The van der Waals surface area contributed by atoms with Gasteiger partial charge in [-0.05, 0) is 66.1 Å². The van der Waals surface area contributed by atoms with E-state index in [1.165, 1.54) is 11.2 Å². The van der Waals surface area contributed by atoms with Crippen LogP contribution in [0.5, 0.6) is 11.5 Å². The van der Waals surface area contributed by atoms with E-state index < -0.39 is 17.7 Å². The highest BCUT2D eigenvalue weighted by molar-refractivity contribution is 6.46. The van der Waals surface area contributed by atoms with Gasteiger partial charge in [-0.2, -0.15) is 0 Å². The second-order valence-electron chi connectivity index (χ2n) is 9.81. The van der Waals surface area contributed by atoms with E-state index in [0.717, 1.165) is 16.9 Å². The maximum absolute atomic E-state index is 13.4. The minimum atomic E-state index is -0.834. The third kappa shape index (κ3) is 4.79. The number of furan rings is 1. The highest BCUT2D eigenvalue weighted by atomic mass is 16.5. The lowest BCUT2D eigenvalue weighted by Gasteiger charge is -2.25. The first-order chi connectivity index (χ1) is 19.0. The zero-order valence-electron chi connectivity index (χ0n) is 21.4. The van der Waals surface area contributed by atoms with Gasteiger partial charge >= 0.3 is 0 Å². The zero-order valence-corrected chi connectivity index (χ0v) is 21.4. The van der Waals surface area contributed by atoms with Crippen molar-refractivity contribution in [3.05, 3.63) is 125 Å². The van der Waals surface area contributed by atoms with Gasteiger partial charge < -0.3 is 23.9 Å². The van der Waals surface area contributed by atoms with Crippen LogP contribution in [0.4, 0.5) is 0 Å². The Morgan fingerprint density at radius 2 is 1.85 bits per heavy atom. The van der Waals surface area contributed by atoms with Gasteiger partial charge in [0.1, 0.15) is 35.7 Å². The van der Waals surface area contributed by atoms with E-state index in [-0.39, 0.29) is 24.0 Å². The van der Waals surface area contributed by atoms with Gasteiger partial charge in [0.05, 0.1) is 24.4 Å². The van der Waals surface area contributed by atoms with Crippen LogP contribution in [-0.2, 0) is 29.2 Å². The predicted octanol–water partition coefficient (Wildman–Crippen LogP) is 5.80. The molecule has 0 bridgehead atoms. The van der Waals surface area contributed by atoms with Crippen LogP contribution < -0.4 is 9.47 Å². The second kappa shape index (κ2) is 10.2. The molecule has 2 atom stereocenters. The monoisotopic (exact) mass is 521 g/mol. The number of Topliss-reactive ketones (excluding diaryl/α,β-unsaturated/α-hetero) is 1. The maximum atomic E-state index is 13.4. The normalized spacial score (nSPS) is 19.7. The van der Waals surface area contributed by atoms with E-state index in [0.29, 0.717) is 35.7 Å². The largest absolute Gasteiger partial charge is 0.507 e. The maximum Gasteiger partial charge on any atom is 0.296 e. The average molecular weight is 522 g/mol. The number of carbonyl (C=O) groups excluding carboxylic acids is 2. The van der Waals surface area contributed by atoms with Crippen LogP contribution in [0.15, 0.2) is 101 Å². The van der Waals surface area contributed by atoms with E-state index in [1.54, 1.807) is 30.3 Å². The third-order valence-electron chi connectivity index (χ3n) is 7.04. The van der Waals surface area contributed by atoms with Crippen molar-refractivity contribution in [1.29, 1.82) is 0 Å². The molecule has 2 aliphatic heterocycles. The number of fused-ring (bicyclic) bond motifs is 1. The van der Waals surface area contributed by atoms with Gasteiger partial charge in [0.2, 0.25) is 0 Å². The van der Waals surface area contributed by atoms with Crippen molar-refractivity contribution in [1.82, 2.24) is 4.90 Å². The summed E-state index contributed by atoms with van der Waals surface area (Å²) in [5.74, 6) is 0.206. The number of rotatable bonds is 7. The van der Waals surface area contributed by atoms with E-state index >= 15 is 0 Å². The summed E-state index contributed by atoms with van der Waals surface area (Å²) in [5, 5.41) is 11.5. The number of nitrogens with zero attached hydrogens (tertiary/aromatic N) is 1. The lowest BCUT2D eigenvalue weighted by Crippen LogP contribution is -2.29. The standard InChI is InChI=1S/C32H27NO6/c1-20-15-24-16-23(12-13-27(24)39-20)30(34)28-29(33(32(36)31(28)35)18-26-11-6-14-37-26)22-9-5-10-25(17-22)38-19-21-7-3-2-4-8-21/h2-14,16-17,20,29,34H,15,18-19H2,1H3/t20-,29+/m1/s1. The Balaban J connectivity index is 1.40. The number of hydrogen-bond acceptors (Lipinski definition) is 6. The molecule has 0 unspecified atom stereocenters. The van der Waals surface area contributed by atoms with Crippen molar-refractivity contribution in [3.63, 3.8) is 0 Å². The molecule has 3 heterocycles. The lowest BCUT2D eigenvalue weighted by atomic mass is 9.94. The Labute approximate surface area is 225 Å². The number of likely N-dealkylation sites (tertiary alicyclic amines) is 1. The fraction of sp³-hybridized carbons (Fsp3) is 0.188. The molecule has 7 nitrogen and oxygen atoms in total. The highest BCUT2D eigenvalue weighted by Gasteiger charge is 2.46. The van der Waals surface area contributed by atoms with Crippen LogP contribution >= 0.6 is 0 Å². The van der Waals surface area contributed by atoms with Crippen LogP contribution in [-0.4, -0.2) is 27.8 Å². The molecular weight excluding hydrogens is 494 g/mol. The topological polar surface area (TPSA) is 89.2 Å². The van der Waals surface area contributed by atoms with Crippen molar-refractivity contribution < 1.29 is 28.6 Å². The van der Waals surface area contributed by atoms with Crippen LogP contribution in [0.1, 0.15) is 41.0 Å². The van der Waals surface area contributed by atoms with Crippen molar-refractivity contribution in [2.24, 2.45) is 0 Å². The Morgan fingerprint density at radius 3 is 2.64 bits per heavy atom. The Hall–Kier alpha value is -4.78. The van der Waals surface area contributed by atoms with Gasteiger partial charge in [-0.15, -0.1) is 0 Å². The minimum absolute atomic E-state index is 0.0266. The van der Waals surface area contributed by atoms with Gasteiger partial charge in [0.15, 0.2) is 0 Å². The van der Waals surface area contributed by atoms with Crippen molar-refractivity contribution >= 4 is 17.4 Å². The highest BCUT2D eigenvalue weighted by Crippen LogP contribution is 2.42. The van der Waals surface area contributed by atoms with Crippen molar-refractivity contribution in [2.45, 2.75) is 38.6 Å². The van der Waals surface area contributed by atoms with Crippen LogP contribution in [0, 0.1) is 0 Å². The smallest absolute Gasteiger partial charge is 0.296 e. The molecule has 4 aromatic rings. The van der Waals surface area contributed by atoms with Gasteiger partial charge in [-0.1, -0.05) is 42.5 Å². The molecule has 1 aromatic heterocycles. The molecule has 0 saturated carbocycles. The number of ether oxygens (including phenoxy) is 2. The van der Waals surface area contributed by atoms with E-state index in [9.17, 15) is 14.7 Å². The molecule has 1 amide bonds. The van der Waals surface area contributed by atoms with Crippen LogP contribution in [0.3, 0.4) is 0 Å².